The molecule has 0 radical (unpaired) electrons. The molecular weight excluding hydrogens is 356 g/mol. The van der Waals surface area contributed by atoms with Crippen molar-refractivity contribution in [3.63, 3.8) is 0 Å². The van der Waals surface area contributed by atoms with Crippen molar-refractivity contribution in [2.75, 3.05) is 0 Å². The number of nitrogens with zero attached hydrogens (tertiary/aromatic N) is 4. The lowest BCUT2D eigenvalue weighted by Gasteiger charge is -2.05. The number of thioether (sulfide) groups is 1. The lowest BCUT2D eigenvalue weighted by molar-refractivity contribution is 0.475. The predicted octanol–water partition coefficient (Wildman–Crippen LogP) is 4.62. The van der Waals surface area contributed by atoms with E-state index in [9.17, 15) is 5.11 Å². The van der Waals surface area contributed by atoms with E-state index in [4.69, 9.17) is 0 Å². The SMILES string of the molecule is Cc1ccc(CSc2nncn2/N=C/c2c(O)ccc3ccccc23)cc1. The van der Waals surface area contributed by atoms with Gasteiger partial charge in [-0.05, 0) is 29.3 Å². The molecule has 0 atom stereocenters. The second-order valence-electron chi connectivity index (χ2n) is 6.20. The van der Waals surface area contributed by atoms with Crippen molar-refractivity contribution in [1.29, 1.82) is 0 Å². The number of aryl methyl sites for hydroxylation is 1. The van der Waals surface area contributed by atoms with Gasteiger partial charge < -0.3 is 5.11 Å². The molecular formula is C21H18N4OS. The Morgan fingerprint density at radius 2 is 1.89 bits per heavy atom. The smallest absolute Gasteiger partial charge is 0.212 e. The van der Waals surface area contributed by atoms with E-state index in [1.807, 2.05) is 30.3 Å². The summed E-state index contributed by atoms with van der Waals surface area (Å²) in [6.45, 7) is 2.07. The number of phenols is 1. The highest BCUT2D eigenvalue weighted by atomic mass is 32.2. The van der Waals surface area contributed by atoms with Crippen LogP contribution < -0.4 is 0 Å². The summed E-state index contributed by atoms with van der Waals surface area (Å²) in [5.41, 5.74) is 3.14. The Balaban J connectivity index is 1.57. The van der Waals surface area contributed by atoms with Crippen LogP contribution in [-0.2, 0) is 5.75 Å². The molecule has 0 aliphatic rings. The van der Waals surface area contributed by atoms with Crippen LogP contribution in [0.3, 0.4) is 0 Å². The van der Waals surface area contributed by atoms with Gasteiger partial charge in [0.15, 0.2) is 0 Å². The van der Waals surface area contributed by atoms with Crippen LogP contribution in [-0.4, -0.2) is 26.2 Å². The van der Waals surface area contributed by atoms with Gasteiger partial charge in [0.2, 0.25) is 5.16 Å². The van der Waals surface area contributed by atoms with Crippen LogP contribution in [0.5, 0.6) is 5.75 Å². The highest BCUT2D eigenvalue weighted by Crippen LogP contribution is 2.26. The summed E-state index contributed by atoms with van der Waals surface area (Å²) in [6, 6.07) is 19.9. The lowest BCUT2D eigenvalue weighted by atomic mass is 10.0. The minimum absolute atomic E-state index is 0.194. The standard InChI is InChI=1S/C21H18N4OS/c1-15-6-8-16(9-7-15)13-27-21-24-22-14-25(21)23-12-19-18-5-3-2-4-17(18)10-11-20(19)26/h2-12,14,26H,13H2,1H3/b23-12+. The first kappa shape index (κ1) is 17.3. The average Bonchev–Trinajstić information content (AvgIpc) is 3.14. The number of hydrogen-bond donors (Lipinski definition) is 1. The zero-order chi connectivity index (χ0) is 18.6. The third-order valence-corrected chi connectivity index (χ3v) is 5.25. The Morgan fingerprint density at radius 1 is 1.07 bits per heavy atom. The molecule has 1 heterocycles. The summed E-state index contributed by atoms with van der Waals surface area (Å²) in [5, 5.41) is 25.5. The molecule has 0 aliphatic heterocycles. The molecule has 4 aromatic rings. The van der Waals surface area contributed by atoms with E-state index in [0.29, 0.717) is 10.7 Å². The molecule has 134 valence electrons. The summed E-state index contributed by atoms with van der Waals surface area (Å²) in [4.78, 5) is 0. The van der Waals surface area contributed by atoms with Crippen LogP contribution >= 0.6 is 11.8 Å². The van der Waals surface area contributed by atoms with Gasteiger partial charge in [0.25, 0.3) is 0 Å². The van der Waals surface area contributed by atoms with Crippen LogP contribution in [0.2, 0.25) is 0 Å². The molecule has 0 saturated carbocycles. The first-order valence-electron chi connectivity index (χ1n) is 8.54. The first-order chi connectivity index (χ1) is 13.2. The predicted molar refractivity (Wildman–Crippen MR) is 109 cm³/mol. The van der Waals surface area contributed by atoms with Gasteiger partial charge >= 0.3 is 0 Å². The Bertz CT molecular complexity index is 1100. The minimum atomic E-state index is 0.194. The molecule has 4 rings (SSSR count). The second-order valence-corrected chi connectivity index (χ2v) is 7.14. The summed E-state index contributed by atoms with van der Waals surface area (Å²) in [6.07, 6.45) is 3.22. The molecule has 0 fully saturated rings. The van der Waals surface area contributed by atoms with E-state index in [2.05, 4.69) is 46.5 Å². The Morgan fingerprint density at radius 3 is 2.74 bits per heavy atom. The molecule has 3 aromatic carbocycles. The number of aromatic nitrogens is 3. The van der Waals surface area contributed by atoms with Gasteiger partial charge in [0.05, 0.1) is 6.21 Å². The third kappa shape index (κ3) is 3.85. The van der Waals surface area contributed by atoms with Crippen molar-refractivity contribution in [1.82, 2.24) is 14.9 Å². The van der Waals surface area contributed by atoms with Crippen LogP contribution in [0.15, 0.2) is 77.2 Å². The van der Waals surface area contributed by atoms with Crippen molar-refractivity contribution in [2.45, 2.75) is 17.8 Å². The minimum Gasteiger partial charge on any atom is -0.507 e. The molecule has 0 spiro atoms. The molecule has 1 N–H and O–H groups in total. The molecule has 27 heavy (non-hydrogen) atoms. The second kappa shape index (κ2) is 7.63. The summed E-state index contributed by atoms with van der Waals surface area (Å²) < 4.78 is 1.63. The van der Waals surface area contributed by atoms with Gasteiger partial charge in [-0.3, -0.25) is 0 Å². The maximum absolute atomic E-state index is 10.2. The highest BCUT2D eigenvalue weighted by molar-refractivity contribution is 7.98. The molecule has 1 aromatic heterocycles. The summed E-state index contributed by atoms with van der Waals surface area (Å²) in [5.74, 6) is 0.980. The van der Waals surface area contributed by atoms with Crippen molar-refractivity contribution in [3.8, 4) is 5.75 Å². The fourth-order valence-corrected chi connectivity index (χ4v) is 3.59. The van der Waals surface area contributed by atoms with Gasteiger partial charge in [-0.1, -0.05) is 71.9 Å². The number of phenolic OH excluding ortho intramolecular Hbond substituents is 1. The van der Waals surface area contributed by atoms with Crippen LogP contribution in [0.4, 0.5) is 0 Å². The van der Waals surface area contributed by atoms with Gasteiger partial charge in [0.1, 0.15) is 12.1 Å². The van der Waals surface area contributed by atoms with Gasteiger partial charge in [-0.25, -0.2) is 0 Å². The fourth-order valence-electron chi connectivity index (χ4n) is 2.77. The molecule has 0 aliphatic carbocycles. The Labute approximate surface area is 161 Å². The monoisotopic (exact) mass is 374 g/mol. The van der Waals surface area contributed by atoms with E-state index in [-0.39, 0.29) is 5.75 Å². The molecule has 0 saturated heterocycles. The average molecular weight is 374 g/mol. The summed E-state index contributed by atoms with van der Waals surface area (Å²) >= 11 is 1.57. The Kier molecular flexibility index (Phi) is 4.89. The normalized spacial score (nSPS) is 11.4. The van der Waals surface area contributed by atoms with Gasteiger partial charge in [0, 0.05) is 11.3 Å². The fraction of sp³-hybridized carbons (Fsp3) is 0.0952. The molecule has 0 unspecified atom stereocenters. The van der Waals surface area contributed by atoms with E-state index in [1.165, 1.54) is 11.1 Å². The van der Waals surface area contributed by atoms with Crippen molar-refractivity contribution in [3.05, 3.63) is 83.7 Å². The van der Waals surface area contributed by atoms with Crippen LogP contribution in [0, 0.1) is 6.92 Å². The van der Waals surface area contributed by atoms with E-state index in [1.54, 1.807) is 35.0 Å². The molecule has 0 amide bonds. The third-order valence-electron chi connectivity index (χ3n) is 4.25. The quantitative estimate of drug-likeness (QED) is 0.409. The van der Waals surface area contributed by atoms with Crippen LogP contribution in [0.25, 0.3) is 10.8 Å². The topological polar surface area (TPSA) is 63.3 Å². The van der Waals surface area contributed by atoms with Crippen molar-refractivity contribution >= 4 is 28.7 Å². The first-order valence-corrected chi connectivity index (χ1v) is 9.53. The lowest BCUT2D eigenvalue weighted by Crippen LogP contribution is -1.94. The van der Waals surface area contributed by atoms with E-state index >= 15 is 0 Å². The van der Waals surface area contributed by atoms with Crippen LogP contribution in [0.1, 0.15) is 16.7 Å². The van der Waals surface area contributed by atoms with Gasteiger partial charge in [-0.15, -0.1) is 10.2 Å². The van der Waals surface area contributed by atoms with Gasteiger partial charge in [-0.2, -0.15) is 9.78 Å². The molecule has 5 nitrogen and oxygen atoms in total. The van der Waals surface area contributed by atoms with E-state index < -0.39 is 0 Å². The van der Waals surface area contributed by atoms with Crippen molar-refractivity contribution in [2.24, 2.45) is 5.10 Å². The zero-order valence-corrected chi connectivity index (χ0v) is 15.6. The number of hydrogen-bond acceptors (Lipinski definition) is 5. The summed E-state index contributed by atoms with van der Waals surface area (Å²) in [7, 11) is 0. The van der Waals surface area contributed by atoms with E-state index in [0.717, 1.165) is 16.5 Å². The molecule has 0 bridgehead atoms. The maximum Gasteiger partial charge on any atom is 0.212 e. The Hall–Kier alpha value is -3.12. The number of fused-ring (bicyclic) bond motifs is 1. The van der Waals surface area contributed by atoms with Crippen molar-refractivity contribution < 1.29 is 5.11 Å². The largest absolute Gasteiger partial charge is 0.507 e. The maximum atomic E-state index is 10.2. The number of aromatic hydroxyl groups is 1. The zero-order valence-electron chi connectivity index (χ0n) is 14.8. The molecule has 6 heteroatoms. The number of benzene rings is 3. The highest BCUT2D eigenvalue weighted by Gasteiger charge is 2.07. The number of rotatable bonds is 5.